The summed E-state index contributed by atoms with van der Waals surface area (Å²) in [6.45, 7) is 0. The Balaban J connectivity index is 2.34. The number of hydrogen-bond acceptors (Lipinski definition) is 3. The van der Waals surface area contributed by atoms with E-state index >= 15 is 0 Å². The fourth-order valence-corrected chi connectivity index (χ4v) is 2.45. The van der Waals surface area contributed by atoms with Crippen LogP contribution in [0.3, 0.4) is 0 Å². The van der Waals surface area contributed by atoms with Crippen molar-refractivity contribution in [3.8, 4) is 5.75 Å². The van der Waals surface area contributed by atoms with Crippen LogP contribution in [0.1, 0.15) is 24.1 Å². The zero-order chi connectivity index (χ0) is 11.1. The van der Waals surface area contributed by atoms with Gasteiger partial charge in [0, 0.05) is 22.8 Å². The number of nitrogen functional groups attached to an aromatic ring is 1. The number of aryl methyl sites for hydroxylation is 1. The van der Waals surface area contributed by atoms with Crippen LogP contribution in [0.5, 0.6) is 5.75 Å². The predicted octanol–water partition coefficient (Wildman–Crippen LogP) is 2.40. The number of phenolic OH excluding ortho intramolecular Hbond substituents is 1. The number of anilines is 1. The monoisotopic (exact) mass is 214 g/mol. The van der Waals surface area contributed by atoms with Gasteiger partial charge in [-0.15, -0.1) is 0 Å². The Hall–Kier alpha value is -1.77. The van der Waals surface area contributed by atoms with E-state index in [9.17, 15) is 5.11 Å². The van der Waals surface area contributed by atoms with Crippen LogP contribution in [0.4, 0.5) is 5.69 Å². The van der Waals surface area contributed by atoms with Gasteiger partial charge in [-0.1, -0.05) is 0 Å². The van der Waals surface area contributed by atoms with Crippen molar-refractivity contribution >= 4 is 16.6 Å². The number of nitrogens with zero attached hydrogens (tertiary/aromatic N) is 1. The van der Waals surface area contributed by atoms with Gasteiger partial charge in [-0.2, -0.15) is 0 Å². The summed E-state index contributed by atoms with van der Waals surface area (Å²) in [5.41, 5.74) is 10.1. The molecule has 3 N–H and O–H groups in total. The molecule has 0 fully saturated rings. The number of nitrogens with two attached hydrogens (primary N) is 1. The Morgan fingerprint density at radius 1 is 1.19 bits per heavy atom. The number of aromatic nitrogens is 1. The van der Waals surface area contributed by atoms with E-state index in [1.165, 1.54) is 18.4 Å². The highest BCUT2D eigenvalue weighted by atomic mass is 16.3. The molecule has 0 spiro atoms. The van der Waals surface area contributed by atoms with Gasteiger partial charge < -0.3 is 10.8 Å². The molecule has 1 aliphatic carbocycles. The Labute approximate surface area is 93.9 Å². The van der Waals surface area contributed by atoms with Crippen LogP contribution in [0, 0.1) is 0 Å². The first-order valence-corrected chi connectivity index (χ1v) is 5.65. The third-order valence-electron chi connectivity index (χ3n) is 3.29. The van der Waals surface area contributed by atoms with Crippen LogP contribution < -0.4 is 5.73 Å². The van der Waals surface area contributed by atoms with Crippen molar-refractivity contribution in [2.45, 2.75) is 25.7 Å². The summed E-state index contributed by atoms with van der Waals surface area (Å²) < 4.78 is 0. The number of phenols is 1. The first-order chi connectivity index (χ1) is 7.75. The van der Waals surface area contributed by atoms with Gasteiger partial charge in [0.25, 0.3) is 0 Å². The van der Waals surface area contributed by atoms with Crippen molar-refractivity contribution in [3.05, 3.63) is 29.5 Å². The lowest BCUT2D eigenvalue weighted by molar-refractivity contribution is 0.476. The van der Waals surface area contributed by atoms with Crippen LogP contribution in [0.25, 0.3) is 10.9 Å². The van der Waals surface area contributed by atoms with Crippen molar-refractivity contribution in [2.75, 3.05) is 5.73 Å². The van der Waals surface area contributed by atoms with Gasteiger partial charge in [-0.05, 0) is 43.4 Å². The third-order valence-corrected chi connectivity index (χ3v) is 3.29. The average Bonchev–Trinajstić information content (AvgIpc) is 2.29. The number of fused-ring (bicyclic) bond motifs is 2. The molecule has 82 valence electrons. The largest absolute Gasteiger partial charge is 0.508 e. The minimum absolute atomic E-state index is 0.246. The van der Waals surface area contributed by atoms with E-state index < -0.39 is 0 Å². The van der Waals surface area contributed by atoms with Gasteiger partial charge in [0.05, 0.1) is 5.52 Å². The van der Waals surface area contributed by atoms with Crippen molar-refractivity contribution < 1.29 is 5.11 Å². The molecule has 0 aliphatic heterocycles. The summed E-state index contributed by atoms with van der Waals surface area (Å²) in [6, 6.07) is 5.19. The molecule has 3 rings (SSSR count). The van der Waals surface area contributed by atoms with Crippen LogP contribution in [-0.4, -0.2) is 10.1 Å². The molecular formula is C13H14N2O. The summed E-state index contributed by atoms with van der Waals surface area (Å²) in [5.74, 6) is 0.246. The van der Waals surface area contributed by atoms with Crippen LogP contribution in [-0.2, 0) is 12.8 Å². The highest BCUT2D eigenvalue weighted by molar-refractivity contribution is 5.93. The predicted molar refractivity (Wildman–Crippen MR) is 64.5 cm³/mol. The molecule has 16 heavy (non-hydrogen) atoms. The zero-order valence-corrected chi connectivity index (χ0v) is 9.03. The molecule has 3 nitrogen and oxygen atoms in total. The molecule has 1 aromatic carbocycles. The lowest BCUT2D eigenvalue weighted by Crippen LogP contribution is -2.09. The standard InChI is InChI=1S/C13H14N2O/c14-13-9-3-1-2-4-11(9)15-12-7-8(16)5-6-10(12)13/h5-7,16H,1-4H2,(H2,14,15). The van der Waals surface area contributed by atoms with E-state index in [1.54, 1.807) is 12.1 Å². The smallest absolute Gasteiger partial charge is 0.117 e. The van der Waals surface area contributed by atoms with Crippen molar-refractivity contribution in [3.63, 3.8) is 0 Å². The van der Waals surface area contributed by atoms with Gasteiger partial charge in [-0.3, -0.25) is 4.98 Å². The number of rotatable bonds is 0. The summed E-state index contributed by atoms with van der Waals surface area (Å²) in [4.78, 5) is 4.60. The molecule has 0 saturated heterocycles. The van der Waals surface area contributed by atoms with E-state index in [0.29, 0.717) is 0 Å². The maximum Gasteiger partial charge on any atom is 0.117 e. The lowest BCUT2D eigenvalue weighted by atomic mass is 9.93. The first-order valence-electron chi connectivity index (χ1n) is 5.65. The molecule has 3 heteroatoms. The van der Waals surface area contributed by atoms with E-state index in [1.807, 2.05) is 6.07 Å². The summed E-state index contributed by atoms with van der Waals surface area (Å²) in [5, 5.41) is 10.4. The fraction of sp³-hybridized carbons (Fsp3) is 0.308. The molecule has 0 radical (unpaired) electrons. The Morgan fingerprint density at radius 2 is 2.00 bits per heavy atom. The van der Waals surface area contributed by atoms with E-state index in [0.717, 1.165) is 35.1 Å². The molecule has 0 atom stereocenters. The first kappa shape index (κ1) is 9.46. The second kappa shape index (κ2) is 3.37. The Kier molecular flexibility index (Phi) is 1.99. The lowest BCUT2D eigenvalue weighted by Gasteiger charge is -2.18. The zero-order valence-electron chi connectivity index (χ0n) is 9.03. The summed E-state index contributed by atoms with van der Waals surface area (Å²) in [6.07, 6.45) is 4.42. The number of hydrogen-bond donors (Lipinski definition) is 2. The average molecular weight is 214 g/mol. The highest BCUT2D eigenvalue weighted by Gasteiger charge is 2.16. The summed E-state index contributed by atoms with van der Waals surface area (Å²) in [7, 11) is 0. The molecule has 0 amide bonds. The SMILES string of the molecule is Nc1c2c(nc3cc(O)ccc13)CCCC2. The fourth-order valence-electron chi connectivity index (χ4n) is 2.45. The molecule has 1 aliphatic rings. The topological polar surface area (TPSA) is 59.1 Å². The van der Waals surface area contributed by atoms with Gasteiger partial charge in [0.15, 0.2) is 0 Å². The van der Waals surface area contributed by atoms with Crippen LogP contribution >= 0.6 is 0 Å². The third kappa shape index (κ3) is 1.32. The van der Waals surface area contributed by atoms with Crippen molar-refractivity contribution in [1.82, 2.24) is 4.98 Å². The maximum atomic E-state index is 9.44. The molecule has 1 heterocycles. The molecular weight excluding hydrogens is 200 g/mol. The number of benzene rings is 1. The molecule has 0 saturated carbocycles. The molecule has 0 bridgehead atoms. The van der Waals surface area contributed by atoms with E-state index in [-0.39, 0.29) is 5.75 Å². The second-order valence-corrected chi connectivity index (χ2v) is 4.36. The quantitative estimate of drug-likeness (QED) is 0.708. The molecule has 2 aromatic rings. The highest BCUT2D eigenvalue weighted by Crippen LogP contribution is 2.32. The Bertz CT molecular complexity index is 563. The van der Waals surface area contributed by atoms with Gasteiger partial charge in [-0.25, -0.2) is 0 Å². The minimum Gasteiger partial charge on any atom is -0.508 e. The number of pyridine rings is 1. The molecule has 0 unspecified atom stereocenters. The van der Waals surface area contributed by atoms with Crippen molar-refractivity contribution in [1.29, 1.82) is 0 Å². The van der Waals surface area contributed by atoms with Crippen molar-refractivity contribution in [2.24, 2.45) is 0 Å². The van der Waals surface area contributed by atoms with Gasteiger partial charge in [0.2, 0.25) is 0 Å². The maximum absolute atomic E-state index is 9.44. The van der Waals surface area contributed by atoms with Crippen LogP contribution in [0.2, 0.25) is 0 Å². The van der Waals surface area contributed by atoms with E-state index in [2.05, 4.69) is 4.98 Å². The van der Waals surface area contributed by atoms with Crippen LogP contribution in [0.15, 0.2) is 18.2 Å². The minimum atomic E-state index is 0.246. The van der Waals surface area contributed by atoms with E-state index in [4.69, 9.17) is 5.73 Å². The Morgan fingerprint density at radius 3 is 2.88 bits per heavy atom. The molecule has 1 aromatic heterocycles. The van der Waals surface area contributed by atoms with Gasteiger partial charge >= 0.3 is 0 Å². The second-order valence-electron chi connectivity index (χ2n) is 4.36. The summed E-state index contributed by atoms with van der Waals surface area (Å²) >= 11 is 0. The van der Waals surface area contributed by atoms with Gasteiger partial charge in [0.1, 0.15) is 5.75 Å². The number of aromatic hydroxyl groups is 1. The normalized spacial score (nSPS) is 15.0.